The first-order chi connectivity index (χ1) is 12.8. The molecule has 6 nitrogen and oxygen atoms in total. The lowest BCUT2D eigenvalue weighted by Crippen LogP contribution is -2.31. The Morgan fingerprint density at radius 2 is 1.85 bits per heavy atom. The van der Waals surface area contributed by atoms with Crippen molar-refractivity contribution in [3.8, 4) is 5.75 Å². The Morgan fingerprint density at radius 1 is 1.11 bits per heavy atom. The lowest BCUT2D eigenvalue weighted by Gasteiger charge is -2.08. The van der Waals surface area contributed by atoms with Gasteiger partial charge >= 0.3 is 5.97 Å². The fourth-order valence-electron chi connectivity index (χ4n) is 2.04. The summed E-state index contributed by atoms with van der Waals surface area (Å²) in [5, 5.41) is 2.81. The zero-order chi connectivity index (χ0) is 20.0. The van der Waals surface area contributed by atoms with Crippen LogP contribution in [0.25, 0.3) is 0 Å². The molecule has 0 saturated carbocycles. The monoisotopic (exact) mass is 413 g/mol. The normalized spacial score (nSPS) is 10.2. The molecule has 0 heterocycles. The van der Waals surface area contributed by atoms with Gasteiger partial charge in [-0.1, -0.05) is 23.2 Å². The summed E-state index contributed by atoms with van der Waals surface area (Å²) in [5.74, 6) is -2.75. The number of hydrogen-bond acceptors (Lipinski definition) is 5. The molecule has 0 fully saturated rings. The molecule has 0 aliphatic rings. The molecule has 0 saturated heterocycles. The molecule has 142 valence electrons. The van der Waals surface area contributed by atoms with Crippen LogP contribution in [0.1, 0.15) is 20.7 Å². The van der Waals surface area contributed by atoms with E-state index < -0.39 is 36.6 Å². The Balaban J connectivity index is 1.84. The minimum absolute atomic E-state index is 0.00730. The van der Waals surface area contributed by atoms with Crippen molar-refractivity contribution in [2.75, 3.05) is 20.3 Å². The van der Waals surface area contributed by atoms with Crippen molar-refractivity contribution in [3.05, 3.63) is 63.4 Å². The topological polar surface area (TPSA) is 81.7 Å². The minimum atomic E-state index is -0.837. The molecule has 2 aromatic carbocycles. The van der Waals surface area contributed by atoms with Crippen LogP contribution in [0.5, 0.6) is 5.75 Å². The molecule has 0 aromatic heterocycles. The molecule has 0 unspecified atom stereocenters. The molecule has 0 bridgehead atoms. The summed E-state index contributed by atoms with van der Waals surface area (Å²) >= 11 is 11.6. The van der Waals surface area contributed by atoms with E-state index in [1.807, 2.05) is 0 Å². The number of rotatable bonds is 7. The highest BCUT2D eigenvalue weighted by molar-refractivity contribution is 6.36. The molecule has 0 atom stereocenters. The first kappa shape index (κ1) is 20.7. The van der Waals surface area contributed by atoms with Crippen molar-refractivity contribution in [3.63, 3.8) is 0 Å². The number of esters is 1. The van der Waals surface area contributed by atoms with Crippen LogP contribution in [0.15, 0.2) is 36.4 Å². The van der Waals surface area contributed by atoms with Gasteiger partial charge < -0.3 is 14.8 Å². The van der Waals surface area contributed by atoms with Gasteiger partial charge in [-0.15, -0.1) is 0 Å². The van der Waals surface area contributed by atoms with E-state index in [-0.39, 0.29) is 21.9 Å². The summed E-state index contributed by atoms with van der Waals surface area (Å²) in [6, 6.07) is 7.91. The number of Topliss-reactive ketones (excluding diaryl/α,β-unsaturated/α-hetero) is 1. The van der Waals surface area contributed by atoms with Gasteiger partial charge in [-0.25, -0.2) is 4.39 Å². The van der Waals surface area contributed by atoms with E-state index in [1.165, 1.54) is 37.4 Å². The van der Waals surface area contributed by atoms with Crippen LogP contribution in [-0.2, 0) is 9.53 Å². The molecule has 0 radical (unpaired) electrons. The third-order valence-corrected chi connectivity index (χ3v) is 3.95. The van der Waals surface area contributed by atoms with Gasteiger partial charge in [0.2, 0.25) is 0 Å². The van der Waals surface area contributed by atoms with Gasteiger partial charge in [-0.05, 0) is 36.4 Å². The van der Waals surface area contributed by atoms with Crippen LogP contribution < -0.4 is 10.1 Å². The van der Waals surface area contributed by atoms with Crippen molar-refractivity contribution in [1.82, 2.24) is 5.32 Å². The number of methoxy groups -OCH3 is 1. The number of halogens is 3. The first-order valence-corrected chi connectivity index (χ1v) is 8.33. The van der Waals surface area contributed by atoms with E-state index >= 15 is 0 Å². The summed E-state index contributed by atoms with van der Waals surface area (Å²) < 4.78 is 23.1. The van der Waals surface area contributed by atoms with Gasteiger partial charge in [-0.2, -0.15) is 0 Å². The maximum absolute atomic E-state index is 13.6. The summed E-state index contributed by atoms with van der Waals surface area (Å²) in [5.41, 5.74) is 0.164. The molecule has 0 aliphatic heterocycles. The average Bonchev–Trinajstić information content (AvgIpc) is 2.64. The highest BCUT2D eigenvalue weighted by atomic mass is 35.5. The van der Waals surface area contributed by atoms with E-state index in [9.17, 15) is 18.8 Å². The maximum Gasteiger partial charge on any atom is 0.325 e. The van der Waals surface area contributed by atoms with E-state index in [4.69, 9.17) is 32.7 Å². The molecule has 9 heteroatoms. The van der Waals surface area contributed by atoms with E-state index in [2.05, 4.69) is 5.32 Å². The standard InChI is InChI=1S/C18H14Cl2FNO5/c1-26-16-5-2-10(6-14(16)21)15(23)9-27-17(24)8-22-18(25)12-4-3-11(19)7-13(12)20/h2-7H,8-9H2,1H3,(H,22,25). The predicted octanol–water partition coefficient (Wildman–Crippen LogP) is 3.30. The fraction of sp³-hybridized carbons (Fsp3) is 0.167. The summed E-state index contributed by atoms with van der Waals surface area (Å²) in [7, 11) is 1.30. The number of ether oxygens (including phenoxy) is 2. The predicted molar refractivity (Wildman–Crippen MR) is 97.0 cm³/mol. The summed E-state index contributed by atoms with van der Waals surface area (Å²) in [6.45, 7) is -1.07. The Hall–Kier alpha value is -2.64. The van der Waals surface area contributed by atoms with E-state index in [0.717, 1.165) is 6.07 Å². The second-order valence-corrected chi connectivity index (χ2v) is 6.08. The van der Waals surface area contributed by atoms with Gasteiger partial charge in [0, 0.05) is 10.6 Å². The molecule has 0 spiro atoms. The van der Waals surface area contributed by atoms with Crippen LogP contribution in [-0.4, -0.2) is 37.9 Å². The number of amides is 1. The van der Waals surface area contributed by atoms with Crippen LogP contribution in [0.3, 0.4) is 0 Å². The third-order valence-electron chi connectivity index (χ3n) is 3.41. The minimum Gasteiger partial charge on any atom is -0.494 e. The van der Waals surface area contributed by atoms with Gasteiger partial charge in [0.1, 0.15) is 6.54 Å². The van der Waals surface area contributed by atoms with Crippen LogP contribution in [0, 0.1) is 5.82 Å². The maximum atomic E-state index is 13.6. The number of ketones is 1. The van der Waals surface area contributed by atoms with Crippen LogP contribution >= 0.6 is 23.2 Å². The number of nitrogens with one attached hydrogen (secondary N) is 1. The molecule has 2 aromatic rings. The zero-order valence-electron chi connectivity index (χ0n) is 14.1. The molecule has 1 amide bonds. The Kier molecular flexibility index (Phi) is 7.15. The second kappa shape index (κ2) is 9.34. The smallest absolute Gasteiger partial charge is 0.325 e. The van der Waals surface area contributed by atoms with Gasteiger partial charge in [0.05, 0.1) is 17.7 Å². The number of carbonyl (C=O) groups excluding carboxylic acids is 3. The lowest BCUT2D eigenvalue weighted by atomic mass is 10.1. The molecular weight excluding hydrogens is 400 g/mol. The zero-order valence-corrected chi connectivity index (χ0v) is 15.6. The highest BCUT2D eigenvalue weighted by Crippen LogP contribution is 2.21. The highest BCUT2D eigenvalue weighted by Gasteiger charge is 2.15. The summed E-state index contributed by atoms with van der Waals surface area (Å²) in [4.78, 5) is 35.6. The van der Waals surface area contributed by atoms with Gasteiger partial charge in [-0.3, -0.25) is 14.4 Å². The molecule has 1 N–H and O–H groups in total. The van der Waals surface area contributed by atoms with Gasteiger partial charge in [0.15, 0.2) is 24.0 Å². The second-order valence-electron chi connectivity index (χ2n) is 5.24. The van der Waals surface area contributed by atoms with Crippen molar-refractivity contribution >= 4 is 40.9 Å². The average molecular weight is 414 g/mol. The molecular formula is C18H14Cl2FNO5. The van der Waals surface area contributed by atoms with E-state index in [0.29, 0.717) is 5.02 Å². The number of carbonyl (C=O) groups is 3. The quantitative estimate of drug-likeness (QED) is 0.556. The molecule has 2 rings (SSSR count). The van der Waals surface area contributed by atoms with E-state index in [1.54, 1.807) is 0 Å². The van der Waals surface area contributed by atoms with Crippen molar-refractivity contribution < 1.29 is 28.2 Å². The van der Waals surface area contributed by atoms with Crippen LogP contribution in [0.2, 0.25) is 10.0 Å². The fourth-order valence-corrected chi connectivity index (χ4v) is 2.54. The number of benzene rings is 2. The largest absolute Gasteiger partial charge is 0.494 e. The number of hydrogen-bond donors (Lipinski definition) is 1. The Bertz CT molecular complexity index is 888. The molecule has 27 heavy (non-hydrogen) atoms. The lowest BCUT2D eigenvalue weighted by molar-refractivity contribution is -0.141. The van der Waals surface area contributed by atoms with Gasteiger partial charge in [0.25, 0.3) is 5.91 Å². The van der Waals surface area contributed by atoms with Crippen molar-refractivity contribution in [1.29, 1.82) is 0 Å². The van der Waals surface area contributed by atoms with Crippen LogP contribution in [0.4, 0.5) is 4.39 Å². The van der Waals surface area contributed by atoms with Crippen molar-refractivity contribution in [2.24, 2.45) is 0 Å². The SMILES string of the molecule is COc1ccc(C(=O)COC(=O)CNC(=O)c2ccc(Cl)cc2Cl)cc1F. The summed E-state index contributed by atoms with van der Waals surface area (Å²) in [6.07, 6.45) is 0. The Morgan fingerprint density at radius 3 is 2.48 bits per heavy atom. The Labute approximate surface area is 164 Å². The van der Waals surface area contributed by atoms with Crippen molar-refractivity contribution in [2.45, 2.75) is 0 Å². The molecule has 0 aliphatic carbocycles. The first-order valence-electron chi connectivity index (χ1n) is 7.57. The third kappa shape index (κ3) is 5.67.